The Hall–Kier alpha value is -1.84. The first-order valence-corrected chi connectivity index (χ1v) is 5.26. The van der Waals surface area contributed by atoms with Crippen molar-refractivity contribution < 1.29 is 14.7 Å². The van der Waals surface area contributed by atoms with Gasteiger partial charge in [-0.3, -0.25) is 4.79 Å². The first-order valence-electron chi connectivity index (χ1n) is 5.26. The summed E-state index contributed by atoms with van der Waals surface area (Å²) in [6.45, 7) is 2.13. The molecule has 0 saturated heterocycles. The van der Waals surface area contributed by atoms with Crippen molar-refractivity contribution in [2.75, 3.05) is 5.32 Å². The summed E-state index contributed by atoms with van der Waals surface area (Å²) in [6, 6.07) is 7.22. The van der Waals surface area contributed by atoms with Crippen molar-refractivity contribution in [3.05, 3.63) is 29.8 Å². The molecule has 2 N–H and O–H groups in total. The van der Waals surface area contributed by atoms with Crippen molar-refractivity contribution in [3.8, 4) is 0 Å². The first-order chi connectivity index (χ1) is 7.63. The van der Waals surface area contributed by atoms with Crippen LogP contribution >= 0.6 is 0 Å². The van der Waals surface area contributed by atoms with Gasteiger partial charge in [-0.1, -0.05) is 25.5 Å². The van der Waals surface area contributed by atoms with Crippen LogP contribution in [0.25, 0.3) is 0 Å². The minimum atomic E-state index is -1.48. The quantitative estimate of drug-likeness (QED) is 0.765. The smallest absolute Gasteiger partial charge is 0.394 e. The van der Waals surface area contributed by atoms with E-state index in [2.05, 4.69) is 12.2 Å². The van der Waals surface area contributed by atoms with Crippen molar-refractivity contribution in [2.24, 2.45) is 0 Å². The zero-order valence-corrected chi connectivity index (χ0v) is 9.19. The Morgan fingerprint density at radius 2 is 1.88 bits per heavy atom. The van der Waals surface area contributed by atoms with Crippen LogP contribution in [-0.2, 0) is 16.0 Å². The minimum absolute atomic E-state index is 0.507. The molecule has 1 aromatic carbocycles. The van der Waals surface area contributed by atoms with Crippen LogP contribution in [0.15, 0.2) is 24.3 Å². The van der Waals surface area contributed by atoms with Gasteiger partial charge in [0.2, 0.25) is 0 Å². The molecule has 0 heterocycles. The summed E-state index contributed by atoms with van der Waals surface area (Å²) in [5.74, 6) is -2.49. The average molecular weight is 221 g/mol. The molecule has 0 aromatic heterocycles. The number of nitrogens with one attached hydrogen (secondary N) is 1. The van der Waals surface area contributed by atoms with Gasteiger partial charge < -0.3 is 10.4 Å². The number of carboxylic acid groups (broad SMARTS) is 1. The van der Waals surface area contributed by atoms with Crippen LogP contribution in [0.2, 0.25) is 0 Å². The molecule has 0 atom stereocenters. The van der Waals surface area contributed by atoms with Crippen LogP contribution in [0, 0.1) is 0 Å². The molecule has 0 saturated carbocycles. The number of benzene rings is 1. The molecule has 4 nitrogen and oxygen atoms in total. The second-order valence-electron chi connectivity index (χ2n) is 3.56. The van der Waals surface area contributed by atoms with E-state index in [-0.39, 0.29) is 0 Å². The monoisotopic (exact) mass is 221 g/mol. The van der Waals surface area contributed by atoms with Crippen molar-refractivity contribution in [1.29, 1.82) is 0 Å². The summed E-state index contributed by atoms with van der Waals surface area (Å²) in [6.07, 6.45) is 3.27. The van der Waals surface area contributed by atoms with Gasteiger partial charge >= 0.3 is 11.9 Å². The summed E-state index contributed by atoms with van der Waals surface area (Å²) in [5.41, 5.74) is 1.70. The highest BCUT2D eigenvalue weighted by Crippen LogP contribution is 2.11. The maximum absolute atomic E-state index is 10.9. The highest BCUT2D eigenvalue weighted by Gasteiger charge is 2.10. The highest BCUT2D eigenvalue weighted by molar-refractivity contribution is 6.36. The van der Waals surface area contributed by atoms with E-state index in [0.29, 0.717) is 5.69 Å². The van der Waals surface area contributed by atoms with Gasteiger partial charge in [0.15, 0.2) is 0 Å². The number of rotatable bonds is 4. The standard InChI is InChI=1S/C12H15NO3/c1-2-3-4-9-5-7-10(8-6-9)13-11(14)12(15)16/h5-8H,2-4H2,1H3,(H,13,14)(H,15,16). The number of carboxylic acids is 1. The largest absolute Gasteiger partial charge is 0.474 e. The number of anilines is 1. The number of aryl methyl sites for hydroxylation is 1. The first kappa shape index (κ1) is 12.2. The third-order valence-corrected chi connectivity index (χ3v) is 2.23. The molecule has 1 aromatic rings. The molecular formula is C12H15NO3. The van der Waals surface area contributed by atoms with Crippen LogP contribution in [0.1, 0.15) is 25.3 Å². The van der Waals surface area contributed by atoms with Gasteiger partial charge in [-0.2, -0.15) is 0 Å². The number of carbonyl (C=O) groups is 2. The number of hydrogen-bond donors (Lipinski definition) is 2. The Bertz CT molecular complexity index is 370. The zero-order chi connectivity index (χ0) is 12.0. The van der Waals surface area contributed by atoms with E-state index in [1.165, 1.54) is 5.56 Å². The number of amides is 1. The van der Waals surface area contributed by atoms with E-state index >= 15 is 0 Å². The molecule has 0 spiro atoms. The highest BCUT2D eigenvalue weighted by atomic mass is 16.4. The van der Waals surface area contributed by atoms with Gasteiger partial charge in [0.1, 0.15) is 0 Å². The third-order valence-electron chi connectivity index (χ3n) is 2.23. The topological polar surface area (TPSA) is 66.4 Å². The fraction of sp³-hybridized carbons (Fsp3) is 0.333. The molecule has 0 radical (unpaired) electrons. The molecule has 1 rings (SSSR count). The lowest BCUT2D eigenvalue weighted by molar-refractivity contribution is -0.147. The van der Waals surface area contributed by atoms with Crippen LogP contribution in [0.5, 0.6) is 0 Å². The van der Waals surface area contributed by atoms with Gasteiger partial charge in [-0.05, 0) is 30.5 Å². The second kappa shape index (κ2) is 5.90. The Morgan fingerprint density at radius 1 is 1.25 bits per heavy atom. The molecule has 0 aliphatic carbocycles. The fourth-order valence-electron chi connectivity index (χ4n) is 1.32. The molecule has 0 unspecified atom stereocenters. The number of carbonyl (C=O) groups excluding carboxylic acids is 1. The van der Waals surface area contributed by atoms with Crippen molar-refractivity contribution >= 4 is 17.6 Å². The van der Waals surface area contributed by atoms with Crippen LogP contribution < -0.4 is 5.32 Å². The average Bonchev–Trinajstić information content (AvgIpc) is 2.28. The third kappa shape index (κ3) is 3.73. The molecule has 0 fully saturated rings. The summed E-state index contributed by atoms with van der Waals surface area (Å²) in [5, 5.41) is 10.7. The zero-order valence-electron chi connectivity index (χ0n) is 9.19. The molecular weight excluding hydrogens is 206 g/mol. The lowest BCUT2D eigenvalue weighted by Gasteiger charge is -2.03. The minimum Gasteiger partial charge on any atom is -0.474 e. The normalized spacial score (nSPS) is 9.81. The predicted octanol–water partition coefficient (Wildman–Crippen LogP) is 2.05. The maximum Gasteiger partial charge on any atom is 0.394 e. The molecule has 1 amide bonds. The molecule has 0 aliphatic heterocycles. The van der Waals surface area contributed by atoms with Crippen molar-refractivity contribution in [2.45, 2.75) is 26.2 Å². The van der Waals surface area contributed by atoms with E-state index in [1.807, 2.05) is 12.1 Å². The van der Waals surface area contributed by atoms with Gasteiger partial charge in [0.25, 0.3) is 0 Å². The van der Waals surface area contributed by atoms with Gasteiger partial charge in [-0.25, -0.2) is 4.79 Å². The second-order valence-corrected chi connectivity index (χ2v) is 3.56. The molecule has 16 heavy (non-hydrogen) atoms. The van der Waals surface area contributed by atoms with E-state index in [1.54, 1.807) is 12.1 Å². The van der Waals surface area contributed by atoms with E-state index in [0.717, 1.165) is 19.3 Å². The lowest BCUT2D eigenvalue weighted by Crippen LogP contribution is -2.21. The van der Waals surface area contributed by atoms with Gasteiger partial charge in [0, 0.05) is 5.69 Å². The molecule has 0 aliphatic rings. The Balaban J connectivity index is 2.57. The fourth-order valence-corrected chi connectivity index (χ4v) is 1.32. The van der Waals surface area contributed by atoms with Gasteiger partial charge in [0.05, 0.1) is 0 Å². The molecule has 86 valence electrons. The molecule has 0 bridgehead atoms. The summed E-state index contributed by atoms with van der Waals surface area (Å²) < 4.78 is 0. The van der Waals surface area contributed by atoms with Gasteiger partial charge in [-0.15, -0.1) is 0 Å². The van der Waals surface area contributed by atoms with E-state index < -0.39 is 11.9 Å². The Morgan fingerprint density at radius 3 is 2.38 bits per heavy atom. The Kier molecular flexibility index (Phi) is 4.51. The lowest BCUT2D eigenvalue weighted by atomic mass is 10.1. The number of hydrogen-bond acceptors (Lipinski definition) is 2. The SMILES string of the molecule is CCCCc1ccc(NC(=O)C(=O)O)cc1. The summed E-state index contributed by atoms with van der Waals surface area (Å²) in [7, 11) is 0. The maximum atomic E-state index is 10.9. The van der Waals surface area contributed by atoms with E-state index in [4.69, 9.17) is 5.11 Å². The predicted molar refractivity (Wildman–Crippen MR) is 61.3 cm³/mol. The number of aliphatic carboxylic acids is 1. The summed E-state index contributed by atoms with van der Waals surface area (Å²) >= 11 is 0. The van der Waals surface area contributed by atoms with Crippen molar-refractivity contribution in [3.63, 3.8) is 0 Å². The molecule has 4 heteroatoms. The van der Waals surface area contributed by atoms with Crippen LogP contribution in [0.4, 0.5) is 5.69 Å². The summed E-state index contributed by atoms with van der Waals surface area (Å²) in [4.78, 5) is 21.2. The Labute approximate surface area is 94.3 Å². The van der Waals surface area contributed by atoms with Crippen molar-refractivity contribution in [1.82, 2.24) is 0 Å². The number of unbranched alkanes of at least 4 members (excludes halogenated alkanes) is 1. The van der Waals surface area contributed by atoms with Crippen LogP contribution in [0.3, 0.4) is 0 Å². The van der Waals surface area contributed by atoms with Crippen LogP contribution in [-0.4, -0.2) is 17.0 Å². The van der Waals surface area contributed by atoms with E-state index in [9.17, 15) is 9.59 Å².